The van der Waals surface area contributed by atoms with Gasteiger partial charge in [0.15, 0.2) is 0 Å². The molecule has 0 aromatic heterocycles. The molecule has 134 valence electrons. The minimum atomic E-state index is -4.37. The van der Waals surface area contributed by atoms with E-state index in [4.69, 9.17) is 11.6 Å². The van der Waals surface area contributed by atoms with Gasteiger partial charge in [0.1, 0.15) is 5.78 Å². The number of alkyl halides is 3. The summed E-state index contributed by atoms with van der Waals surface area (Å²) >= 11 is 5.80. The fraction of sp³-hybridized carbons (Fsp3) is 0.316. The smallest absolute Gasteiger partial charge is 0.396 e. The van der Waals surface area contributed by atoms with E-state index in [-0.39, 0.29) is 31.1 Å². The van der Waals surface area contributed by atoms with Crippen LogP contribution in [0.2, 0.25) is 5.02 Å². The van der Waals surface area contributed by atoms with Crippen LogP contribution in [0.4, 0.5) is 13.2 Å². The lowest BCUT2D eigenvalue weighted by Gasteiger charge is -2.14. The minimum Gasteiger partial charge on any atom is -0.396 e. The van der Waals surface area contributed by atoms with Crippen molar-refractivity contribution in [3.05, 3.63) is 70.2 Å². The van der Waals surface area contributed by atoms with Gasteiger partial charge in [-0.2, -0.15) is 13.2 Å². The predicted octanol–water partition coefficient (Wildman–Crippen LogP) is 4.71. The summed E-state index contributed by atoms with van der Waals surface area (Å²) < 4.78 is 37.7. The molecule has 0 heterocycles. The van der Waals surface area contributed by atoms with Gasteiger partial charge in [0.2, 0.25) is 0 Å². The molecule has 0 aliphatic rings. The molecule has 0 saturated heterocycles. The van der Waals surface area contributed by atoms with Crippen molar-refractivity contribution in [3.8, 4) is 0 Å². The van der Waals surface area contributed by atoms with Crippen LogP contribution in [0, 0.1) is 5.92 Å². The van der Waals surface area contributed by atoms with Crippen LogP contribution in [0.3, 0.4) is 0 Å². The van der Waals surface area contributed by atoms with E-state index in [2.05, 4.69) is 0 Å². The van der Waals surface area contributed by atoms with Crippen LogP contribution in [0.1, 0.15) is 23.1 Å². The van der Waals surface area contributed by atoms with Gasteiger partial charge in [0.05, 0.1) is 5.56 Å². The maximum Gasteiger partial charge on any atom is 0.416 e. The lowest BCUT2D eigenvalue weighted by Crippen LogP contribution is -2.16. The van der Waals surface area contributed by atoms with Crippen LogP contribution < -0.4 is 0 Å². The summed E-state index contributed by atoms with van der Waals surface area (Å²) in [5.74, 6) is -0.357. The van der Waals surface area contributed by atoms with Gasteiger partial charge >= 0.3 is 6.18 Å². The van der Waals surface area contributed by atoms with Crippen molar-refractivity contribution < 1.29 is 23.1 Å². The molecule has 25 heavy (non-hydrogen) atoms. The monoisotopic (exact) mass is 370 g/mol. The van der Waals surface area contributed by atoms with Gasteiger partial charge < -0.3 is 5.11 Å². The Bertz CT molecular complexity index is 694. The predicted molar refractivity (Wildman–Crippen MR) is 90.5 cm³/mol. The van der Waals surface area contributed by atoms with Crippen molar-refractivity contribution in [2.24, 2.45) is 5.92 Å². The number of Topliss-reactive ketones (excluding diaryl/α,β-unsaturated/α-hetero) is 1. The Labute approximate surface area is 149 Å². The summed E-state index contributed by atoms with van der Waals surface area (Å²) in [7, 11) is 0. The van der Waals surface area contributed by atoms with Crippen molar-refractivity contribution >= 4 is 17.4 Å². The van der Waals surface area contributed by atoms with Crippen LogP contribution in [-0.4, -0.2) is 17.5 Å². The molecule has 2 aromatic carbocycles. The molecule has 6 heteroatoms. The highest BCUT2D eigenvalue weighted by molar-refractivity contribution is 6.30. The van der Waals surface area contributed by atoms with E-state index < -0.39 is 11.7 Å². The van der Waals surface area contributed by atoms with E-state index in [9.17, 15) is 23.1 Å². The molecular weight excluding hydrogens is 353 g/mol. The number of ketones is 1. The Kier molecular flexibility index (Phi) is 6.62. The van der Waals surface area contributed by atoms with E-state index in [1.54, 1.807) is 24.3 Å². The van der Waals surface area contributed by atoms with Gasteiger partial charge in [0.25, 0.3) is 0 Å². The average Bonchev–Trinajstić information content (AvgIpc) is 2.56. The van der Waals surface area contributed by atoms with Crippen molar-refractivity contribution in [2.45, 2.75) is 25.4 Å². The molecule has 2 rings (SSSR count). The topological polar surface area (TPSA) is 37.3 Å². The van der Waals surface area contributed by atoms with Gasteiger partial charge in [-0.05, 0) is 47.7 Å². The van der Waals surface area contributed by atoms with E-state index in [1.165, 1.54) is 12.1 Å². The van der Waals surface area contributed by atoms with Gasteiger partial charge in [0, 0.05) is 24.5 Å². The van der Waals surface area contributed by atoms with Gasteiger partial charge in [-0.3, -0.25) is 4.79 Å². The van der Waals surface area contributed by atoms with E-state index in [1.807, 2.05) is 0 Å². The number of carbonyl (C=O) groups excluding carboxylic acids is 1. The zero-order valence-electron chi connectivity index (χ0n) is 13.4. The Hall–Kier alpha value is -1.85. The molecular formula is C19H18ClF3O2. The summed E-state index contributed by atoms with van der Waals surface area (Å²) in [4.78, 5) is 12.1. The van der Waals surface area contributed by atoms with E-state index in [0.29, 0.717) is 17.0 Å². The fourth-order valence-corrected chi connectivity index (χ4v) is 2.71. The first-order valence-corrected chi connectivity index (χ1v) is 8.19. The number of benzene rings is 2. The SMILES string of the molecule is O=C(Cc1ccc(Cl)cc1)CC(CO)Cc1ccc(C(F)(F)F)cc1. The van der Waals surface area contributed by atoms with Gasteiger partial charge in [-0.1, -0.05) is 35.9 Å². The second-order valence-electron chi connectivity index (χ2n) is 5.99. The molecule has 2 nitrogen and oxygen atoms in total. The lowest BCUT2D eigenvalue weighted by atomic mass is 9.92. The first-order chi connectivity index (χ1) is 11.8. The second-order valence-corrected chi connectivity index (χ2v) is 6.43. The highest BCUT2D eigenvalue weighted by Gasteiger charge is 2.30. The zero-order valence-corrected chi connectivity index (χ0v) is 14.1. The molecule has 0 aliphatic heterocycles. The molecule has 0 aliphatic carbocycles. The standard InChI is InChI=1S/C19H18ClF3O2/c20-17-7-3-14(4-8-17)10-18(25)11-15(12-24)9-13-1-5-16(6-2-13)19(21,22)23/h1-8,15,24H,9-12H2. The average molecular weight is 371 g/mol. The van der Waals surface area contributed by atoms with Crippen LogP contribution in [0.25, 0.3) is 0 Å². The molecule has 1 N–H and O–H groups in total. The van der Waals surface area contributed by atoms with Crippen molar-refractivity contribution in [1.82, 2.24) is 0 Å². The highest BCUT2D eigenvalue weighted by atomic mass is 35.5. The number of hydrogen-bond acceptors (Lipinski definition) is 2. The first-order valence-electron chi connectivity index (χ1n) is 7.81. The van der Waals surface area contributed by atoms with Crippen LogP contribution in [0.15, 0.2) is 48.5 Å². The van der Waals surface area contributed by atoms with Gasteiger partial charge in [-0.25, -0.2) is 0 Å². The first kappa shape index (κ1) is 19.5. The summed E-state index contributed by atoms with van der Waals surface area (Å²) in [6, 6.07) is 11.7. The zero-order chi connectivity index (χ0) is 18.4. The molecule has 0 amide bonds. The molecule has 0 radical (unpaired) electrons. The molecule has 0 fully saturated rings. The fourth-order valence-electron chi connectivity index (χ4n) is 2.59. The third-order valence-electron chi connectivity index (χ3n) is 3.89. The maximum absolute atomic E-state index is 12.6. The van der Waals surface area contributed by atoms with Crippen molar-refractivity contribution in [1.29, 1.82) is 0 Å². The molecule has 0 spiro atoms. The number of rotatable bonds is 7. The lowest BCUT2D eigenvalue weighted by molar-refractivity contribution is -0.137. The summed E-state index contributed by atoms with van der Waals surface area (Å²) in [6.07, 6.45) is -3.62. The Morgan fingerprint density at radius 3 is 2.08 bits per heavy atom. The highest BCUT2D eigenvalue weighted by Crippen LogP contribution is 2.29. The second kappa shape index (κ2) is 8.50. The van der Waals surface area contributed by atoms with Crippen LogP contribution >= 0.6 is 11.6 Å². The number of hydrogen-bond donors (Lipinski definition) is 1. The molecule has 1 unspecified atom stereocenters. The largest absolute Gasteiger partial charge is 0.416 e. The van der Waals surface area contributed by atoms with Crippen molar-refractivity contribution in [3.63, 3.8) is 0 Å². The quantitative estimate of drug-likeness (QED) is 0.766. The maximum atomic E-state index is 12.6. The Morgan fingerprint density at radius 1 is 1.00 bits per heavy atom. The number of halogens is 4. The van der Waals surface area contributed by atoms with E-state index in [0.717, 1.165) is 17.7 Å². The molecule has 1 atom stereocenters. The van der Waals surface area contributed by atoms with Crippen molar-refractivity contribution in [2.75, 3.05) is 6.61 Å². The number of aliphatic hydroxyl groups excluding tert-OH is 1. The number of aliphatic hydroxyl groups is 1. The Balaban J connectivity index is 1.93. The summed E-state index contributed by atoms with van der Waals surface area (Å²) in [6.45, 7) is -0.201. The third kappa shape index (κ3) is 6.18. The summed E-state index contributed by atoms with van der Waals surface area (Å²) in [5.41, 5.74) is 0.780. The number of carbonyl (C=O) groups is 1. The Morgan fingerprint density at radius 2 is 1.56 bits per heavy atom. The molecule has 0 bridgehead atoms. The van der Waals surface area contributed by atoms with Gasteiger partial charge in [-0.15, -0.1) is 0 Å². The van der Waals surface area contributed by atoms with E-state index >= 15 is 0 Å². The molecule has 0 saturated carbocycles. The normalized spacial score (nSPS) is 12.8. The van der Waals surface area contributed by atoms with Crippen LogP contribution in [-0.2, 0) is 23.8 Å². The molecule has 2 aromatic rings. The van der Waals surface area contributed by atoms with Crippen LogP contribution in [0.5, 0.6) is 0 Å². The summed E-state index contributed by atoms with van der Waals surface area (Å²) in [5, 5.41) is 10.1. The third-order valence-corrected chi connectivity index (χ3v) is 4.15. The minimum absolute atomic E-state index is 0.0340.